The molecule has 0 saturated carbocycles. The lowest BCUT2D eigenvalue weighted by Gasteiger charge is -2.10. The summed E-state index contributed by atoms with van der Waals surface area (Å²) in [6.07, 6.45) is 12.1. The van der Waals surface area contributed by atoms with Crippen LogP contribution < -0.4 is 0 Å². The molecule has 0 unspecified atom stereocenters. The molecule has 9 aromatic rings. The minimum Gasteiger partial charge on any atom is -0.456 e. The van der Waals surface area contributed by atoms with Crippen molar-refractivity contribution in [2.75, 3.05) is 0 Å². The van der Waals surface area contributed by atoms with Crippen molar-refractivity contribution in [2.45, 2.75) is 6.92 Å². The molecule has 0 aliphatic heterocycles. The predicted molar refractivity (Wildman–Crippen MR) is 209 cm³/mol. The van der Waals surface area contributed by atoms with E-state index in [0.29, 0.717) is 17.5 Å². The molecule has 3 aromatic heterocycles. The molecule has 0 amide bonds. The minimum absolute atomic E-state index is 0.573. The van der Waals surface area contributed by atoms with Gasteiger partial charge < -0.3 is 8.83 Å². The van der Waals surface area contributed by atoms with Crippen molar-refractivity contribution in [2.24, 2.45) is 0 Å². The number of fused-ring (bicyclic) bond motifs is 6. The molecule has 0 N–H and O–H groups in total. The van der Waals surface area contributed by atoms with E-state index in [1.807, 2.05) is 98.0 Å². The molecule has 0 saturated heterocycles. The maximum atomic E-state index is 6.43. The van der Waals surface area contributed by atoms with Gasteiger partial charge in [0.15, 0.2) is 17.5 Å². The summed E-state index contributed by atoms with van der Waals surface area (Å²) >= 11 is 0. The van der Waals surface area contributed by atoms with Crippen molar-refractivity contribution in [3.05, 3.63) is 169 Å². The van der Waals surface area contributed by atoms with E-state index in [1.165, 1.54) is 0 Å². The van der Waals surface area contributed by atoms with Crippen LogP contribution in [0.1, 0.15) is 12.5 Å². The zero-order valence-electron chi connectivity index (χ0n) is 27.8. The van der Waals surface area contributed by atoms with Crippen LogP contribution in [-0.4, -0.2) is 15.0 Å². The fourth-order valence-corrected chi connectivity index (χ4v) is 6.63. The highest BCUT2D eigenvalue weighted by Gasteiger charge is 2.19. The largest absolute Gasteiger partial charge is 0.456 e. The molecule has 3 heterocycles. The first-order chi connectivity index (χ1) is 25.2. The smallest absolute Gasteiger partial charge is 0.164 e. The van der Waals surface area contributed by atoms with Crippen molar-refractivity contribution in [1.29, 1.82) is 0 Å². The van der Waals surface area contributed by atoms with E-state index in [4.69, 9.17) is 23.8 Å². The van der Waals surface area contributed by atoms with Gasteiger partial charge in [-0.25, -0.2) is 15.0 Å². The Morgan fingerprint density at radius 2 is 1.12 bits per heavy atom. The van der Waals surface area contributed by atoms with Crippen molar-refractivity contribution in [1.82, 2.24) is 15.0 Å². The molecule has 0 atom stereocenters. The van der Waals surface area contributed by atoms with Crippen molar-refractivity contribution in [3.8, 4) is 45.3 Å². The van der Waals surface area contributed by atoms with Gasteiger partial charge in [0.05, 0.1) is 0 Å². The number of nitrogens with zero attached hydrogens (tertiary/aromatic N) is 3. The lowest BCUT2D eigenvalue weighted by molar-refractivity contribution is 0.668. The second kappa shape index (κ2) is 12.9. The van der Waals surface area contributed by atoms with Gasteiger partial charge in [0.2, 0.25) is 0 Å². The van der Waals surface area contributed by atoms with E-state index in [0.717, 1.165) is 77.3 Å². The van der Waals surface area contributed by atoms with Gasteiger partial charge in [-0.2, -0.15) is 0 Å². The highest BCUT2D eigenvalue weighted by Crippen LogP contribution is 2.38. The molecule has 0 bridgehead atoms. The Kier molecular flexibility index (Phi) is 7.63. The van der Waals surface area contributed by atoms with E-state index in [-0.39, 0.29) is 0 Å². The fraction of sp³-hybridized carbons (Fsp3) is 0.0217. The highest BCUT2D eigenvalue weighted by molar-refractivity contribution is 6.12. The third kappa shape index (κ3) is 5.71. The molecule has 0 fully saturated rings. The van der Waals surface area contributed by atoms with Crippen LogP contribution in [0.15, 0.2) is 173 Å². The van der Waals surface area contributed by atoms with E-state index in [9.17, 15) is 0 Å². The first kappa shape index (κ1) is 30.2. The number of furan rings is 2. The van der Waals surface area contributed by atoms with Gasteiger partial charge in [-0.3, -0.25) is 0 Å². The molecule has 0 aliphatic carbocycles. The number of benzene rings is 6. The Balaban J connectivity index is 1.22. The number of rotatable bonds is 7. The monoisotopic (exact) mass is 657 g/mol. The van der Waals surface area contributed by atoms with Crippen molar-refractivity contribution in [3.63, 3.8) is 0 Å². The summed E-state index contributed by atoms with van der Waals surface area (Å²) in [5, 5.41) is 4.04. The fourth-order valence-electron chi connectivity index (χ4n) is 6.63. The minimum atomic E-state index is 0.573. The van der Waals surface area contributed by atoms with E-state index >= 15 is 0 Å². The molecule has 242 valence electrons. The van der Waals surface area contributed by atoms with Crippen LogP contribution in [0.2, 0.25) is 0 Å². The third-order valence-electron chi connectivity index (χ3n) is 9.07. The standard InChI is InChI=1S/C46H31N3O2/c1-2-3-4-5-7-14-30-23-25-36-42(27-30)51-41-22-13-20-37(43(36)41)46-48-44(33-18-12-17-32(28-33)31-15-8-6-9-16-31)47-45(49-46)34-24-26-40-38(29-34)35-19-10-11-21-39(35)50-40/h2-29H,1H3/b3-2-,5-4-,14-7+. The Bertz CT molecular complexity index is 2820. The van der Waals surface area contributed by atoms with Gasteiger partial charge in [0, 0.05) is 38.2 Å². The highest BCUT2D eigenvalue weighted by atomic mass is 16.3. The number of hydrogen-bond donors (Lipinski definition) is 0. The quantitative estimate of drug-likeness (QED) is 0.160. The predicted octanol–water partition coefficient (Wildman–Crippen LogP) is 12.5. The van der Waals surface area contributed by atoms with Crippen LogP contribution in [0.3, 0.4) is 0 Å². The van der Waals surface area contributed by atoms with Crippen LogP contribution in [0.4, 0.5) is 0 Å². The van der Waals surface area contributed by atoms with Gasteiger partial charge in [-0.1, -0.05) is 121 Å². The summed E-state index contributed by atoms with van der Waals surface area (Å²) in [6, 6.07) is 45.3. The lowest BCUT2D eigenvalue weighted by atomic mass is 10.0. The average Bonchev–Trinajstić information content (AvgIpc) is 3.76. The normalized spacial score (nSPS) is 12.2. The Labute approximate surface area is 294 Å². The van der Waals surface area contributed by atoms with Crippen molar-refractivity contribution >= 4 is 50.0 Å². The first-order valence-corrected chi connectivity index (χ1v) is 17.0. The summed E-state index contributed by atoms with van der Waals surface area (Å²) in [6.45, 7) is 2.00. The molecule has 5 heteroatoms. The second-order valence-corrected chi connectivity index (χ2v) is 12.4. The zero-order chi connectivity index (χ0) is 34.1. The maximum Gasteiger partial charge on any atom is 0.164 e. The molecule has 9 rings (SSSR count). The Morgan fingerprint density at radius 3 is 2.00 bits per heavy atom. The van der Waals surface area contributed by atoms with Crippen LogP contribution in [-0.2, 0) is 0 Å². The summed E-state index contributed by atoms with van der Waals surface area (Å²) in [5.41, 5.74) is 9.18. The van der Waals surface area contributed by atoms with Gasteiger partial charge in [-0.05, 0) is 72.1 Å². The zero-order valence-corrected chi connectivity index (χ0v) is 27.8. The van der Waals surface area contributed by atoms with Gasteiger partial charge in [0.1, 0.15) is 22.3 Å². The Morgan fingerprint density at radius 1 is 0.431 bits per heavy atom. The summed E-state index contributed by atoms with van der Waals surface area (Å²) in [7, 11) is 0. The van der Waals surface area contributed by atoms with Gasteiger partial charge in [-0.15, -0.1) is 0 Å². The van der Waals surface area contributed by atoms with Gasteiger partial charge in [0.25, 0.3) is 0 Å². The van der Waals surface area contributed by atoms with Crippen LogP contribution in [0.5, 0.6) is 0 Å². The maximum absolute atomic E-state index is 6.43. The summed E-state index contributed by atoms with van der Waals surface area (Å²) in [5.74, 6) is 1.74. The number of hydrogen-bond acceptors (Lipinski definition) is 5. The lowest BCUT2D eigenvalue weighted by Crippen LogP contribution is -2.00. The van der Waals surface area contributed by atoms with Crippen LogP contribution >= 0.6 is 0 Å². The molecule has 6 aromatic carbocycles. The molecular formula is C46H31N3O2. The molecule has 5 nitrogen and oxygen atoms in total. The average molecular weight is 658 g/mol. The van der Waals surface area contributed by atoms with E-state index < -0.39 is 0 Å². The second-order valence-electron chi connectivity index (χ2n) is 12.4. The van der Waals surface area contributed by atoms with E-state index in [2.05, 4.69) is 78.9 Å². The van der Waals surface area contributed by atoms with Crippen LogP contribution in [0, 0.1) is 0 Å². The van der Waals surface area contributed by atoms with Gasteiger partial charge >= 0.3 is 0 Å². The van der Waals surface area contributed by atoms with Crippen molar-refractivity contribution < 1.29 is 8.83 Å². The van der Waals surface area contributed by atoms with Crippen LogP contribution in [0.25, 0.3) is 95.2 Å². The number of aromatic nitrogens is 3. The first-order valence-electron chi connectivity index (χ1n) is 17.0. The summed E-state index contributed by atoms with van der Waals surface area (Å²) in [4.78, 5) is 15.4. The molecule has 0 aliphatic rings. The topological polar surface area (TPSA) is 65.0 Å². The molecule has 0 spiro atoms. The Hall–Kier alpha value is -6.85. The number of allylic oxidation sites excluding steroid dienone is 5. The van der Waals surface area contributed by atoms with E-state index in [1.54, 1.807) is 0 Å². The molecular weight excluding hydrogens is 627 g/mol. The molecule has 0 radical (unpaired) electrons. The SMILES string of the molecule is C\C=C/C=C\C=C\c1ccc2c(c1)oc1cccc(-c3nc(-c4cccc(-c5ccccc5)c4)nc(-c4ccc5oc6ccccc6c5c4)n3)c12. The summed E-state index contributed by atoms with van der Waals surface area (Å²) < 4.78 is 12.6. The third-order valence-corrected chi connectivity index (χ3v) is 9.07. The molecule has 51 heavy (non-hydrogen) atoms. The number of para-hydroxylation sites is 1.